The number of H-pyrrole nitrogens is 1. The number of aldehydes is 1. The maximum absolute atomic E-state index is 12.9. The summed E-state index contributed by atoms with van der Waals surface area (Å²) in [5.74, 6) is -0.243. The Labute approximate surface area is 114 Å². The summed E-state index contributed by atoms with van der Waals surface area (Å²) in [6.07, 6.45) is 5.31. The molecular formula is C15H12FN3O. The van der Waals surface area contributed by atoms with Crippen molar-refractivity contribution in [3.8, 4) is 0 Å². The molecule has 3 aromatic rings. The second-order valence-corrected chi connectivity index (χ2v) is 4.53. The zero-order valence-corrected chi connectivity index (χ0v) is 10.6. The van der Waals surface area contributed by atoms with Crippen LogP contribution in [0.2, 0.25) is 0 Å². The smallest absolute Gasteiger partial charge is 0.152 e. The first kappa shape index (κ1) is 12.5. The summed E-state index contributed by atoms with van der Waals surface area (Å²) in [5, 5.41) is 0.768. The number of rotatable bonds is 4. The number of hydrogen-bond acceptors (Lipinski definition) is 3. The van der Waals surface area contributed by atoms with Gasteiger partial charge in [-0.2, -0.15) is 0 Å². The average Bonchev–Trinajstić information content (AvgIpc) is 2.90. The largest absolute Gasteiger partial charge is 0.345 e. The number of aromatic amines is 1. The number of hydrogen-bond donors (Lipinski definition) is 1. The highest BCUT2D eigenvalue weighted by Crippen LogP contribution is 2.19. The summed E-state index contributed by atoms with van der Waals surface area (Å²) < 4.78 is 12.9. The lowest BCUT2D eigenvalue weighted by atomic mass is 10.1. The molecule has 0 aliphatic rings. The van der Waals surface area contributed by atoms with Gasteiger partial charge in [0.05, 0.1) is 11.1 Å². The lowest BCUT2D eigenvalue weighted by Gasteiger charge is -2.03. The van der Waals surface area contributed by atoms with Crippen molar-refractivity contribution in [3.63, 3.8) is 0 Å². The van der Waals surface area contributed by atoms with E-state index in [1.807, 2.05) is 0 Å². The van der Waals surface area contributed by atoms with Gasteiger partial charge in [-0.1, -0.05) is 12.1 Å². The van der Waals surface area contributed by atoms with E-state index in [4.69, 9.17) is 0 Å². The van der Waals surface area contributed by atoms with E-state index >= 15 is 0 Å². The number of carbonyl (C=O) groups excluding carboxylic acids is 1. The molecule has 0 atom stereocenters. The third kappa shape index (κ3) is 2.30. The number of nitrogens with zero attached hydrogens (tertiary/aromatic N) is 2. The molecule has 3 rings (SSSR count). The monoisotopic (exact) mass is 269 g/mol. The Bertz CT molecular complexity index is 749. The second-order valence-electron chi connectivity index (χ2n) is 4.53. The summed E-state index contributed by atoms with van der Waals surface area (Å²) in [4.78, 5) is 22.3. The van der Waals surface area contributed by atoms with Gasteiger partial charge in [0, 0.05) is 11.8 Å². The highest BCUT2D eigenvalue weighted by molar-refractivity contribution is 5.96. The van der Waals surface area contributed by atoms with Crippen LogP contribution >= 0.6 is 0 Å². The van der Waals surface area contributed by atoms with E-state index in [1.54, 1.807) is 18.3 Å². The Morgan fingerprint density at radius 2 is 1.95 bits per heavy atom. The number of halogens is 1. The number of benzene rings is 1. The third-order valence-electron chi connectivity index (χ3n) is 3.27. The van der Waals surface area contributed by atoms with Crippen LogP contribution in [0.3, 0.4) is 0 Å². The average molecular weight is 269 g/mol. The lowest BCUT2D eigenvalue weighted by Crippen LogP contribution is -1.97. The number of nitrogens with one attached hydrogen (secondary N) is 1. The fourth-order valence-corrected chi connectivity index (χ4v) is 2.25. The highest BCUT2D eigenvalue weighted by Gasteiger charge is 2.10. The topological polar surface area (TPSA) is 58.6 Å². The predicted molar refractivity (Wildman–Crippen MR) is 73.1 cm³/mol. The summed E-state index contributed by atoms with van der Waals surface area (Å²) >= 11 is 0. The van der Waals surface area contributed by atoms with E-state index in [0.717, 1.165) is 29.4 Å². The van der Waals surface area contributed by atoms with E-state index in [-0.39, 0.29) is 5.82 Å². The SMILES string of the molecule is O=Cc1c[nH]c2ncnc(CCc3ccc(F)cc3)c12. The molecule has 4 nitrogen and oxygen atoms in total. The number of fused-ring (bicyclic) bond motifs is 1. The zero-order chi connectivity index (χ0) is 13.9. The predicted octanol–water partition coefficient (Wildman–Crippen LogP) is 2.69. The minimum Gasteiger partial charge on any atom is -0.345 e. The first-order valence-electron chi connectivity index (χ1n) is 6.28. The Hall–Kier alpha value is -2.56. The van der Waals surface area contributed by atoms with Crippen LogP contribution in [0.15, 0.2) is 36.8 Å². The van der Waals surface area contributed by atoms with Crippen LogP contribution in [0.5, 0.6) is 0 Å². The van der Waals surface area contributed by atoms with Crippen molar-refractivity contribution in [2.24, 2.45) is 0 Å². The van der Waals surface area contributed by atoms with Crippen molar-refractivity contribution in [1.29, 1.82) is 0 Å². The van der Waals surface area contributed by atoms with Gasteiger partial charge in [0.15, 0.2) is 6.29 Å². The maximum atomic E-state index is 12.9. The van der Waals surface area contributed by atoms with Gasteiger partial charge in [0.1, 0.15) is 17.8 Å². The van der Waals surface area contributed by atoms with Crippen LogP contribution in [-0.2, 0) is 12.8 Å². The van der Waals surface area contributed by atoms with Crippen LogP contribution in [0, 0.1) is 5.82 Å². The molecule has 0 aliphatic heterocycles. The molecule has 2 heterocycles. The molecular weight excluding hydrogens is 257 g/mol. The molecule has 5 heteroatoms. The lowest BCUT2D eigenvalue weighted by molar-refractivity contribution is 0.112. The fraction of sp³-hybridized carbons (Fsp3) is 0.133. The van der Waals surface area contributed by atoms with Gasteiger partial charge in [0.25, 0.3) is 0 Å². The van der Waals surface area contributed by atoms with Gasteiger partial charge < -0.3 is 4.98 Å². The molecule has 20 heavy (non-hydrogen) atoms. The number of aryl methyl sites for hydroxylation is 2. The number of aromatic nitrogens is 3. The molecule has 2 aromatic heterocycles. The van der Waals surface area contributed by atoms with Crippen molar-refractivity contribution < 1.29 is 9.18 Å². The quantitative estimate of drug-likeness (QED) is 0.741. The summed E-state index contributed by atoms with van der Waals surface area (Å²) in [6.45, 7) is 0. The summed E-state index contributed by atoms with van der Waals surface area (Å²) in [5.41, 5.74) is 3.08. The highest BCUT2D eigenvalue weighted by atomic mass is 19.1. The van der Waals surface area contributed by atoms with Crippen molar-refractivity contribution in [1.82, 2.24) is 15.0 Å². The van der Waals surface area contributed by atoms with Crippen LogP contribution in [-0.4, -0.2) is 21.2 Å². The minimum absolute atomic E-state index is 0.243. The Balaban J connectivity index is 1.89. The maximum Gasteiger partial charge on any atom is 0.152 e. The molecule has 0 saturated heterocycles. The molecule has 0 spiro atoms. The third-order valence-corrected chi connectivity index (χ3v) is 3.27. The van der Waals surface area contributed by atoms with Crippen LogP contribution in [0.1, 0.15) is 21.6 Å². The fourth-order valence-electron chi connectivity index (χ4n) is 2.25. The van der Waals surface area contributed by atoms with Gasteiger partial charge >= 0.3 is 0 Å². The van der Waals surface area contributed by atoms with Crippen molar-refractivity contribution >= 4 is 17.3 Å². The van der Waals surface area contributed by atoms with E-state index in [0.29, 0.717) is 17.6 Å². The van der Waals surface area contributed by atoms with Crippen molar-refractivity contribution in [2.45, 2.75) is 12.8 Å². The van der Waals surface area contributed by atoms with Gasteiger partial charge in [-0.05, 0) is 30.5 Å². The molecule has 0 aliphatic carbocycles. The van der Waals surface area contributed by atoms with Gasteiger partial charge in [0.2, 0.25) is 0 Å². The minimum atomic E-state index is -0.243. The Morgan fingerprint density at radius 1 is 1.15 bits per heavy atom. The molecule has 100 valence electrons. The van der Waals surface area contributed by atoms with Crippen LogP contribution in [0.4, 0.5) is 4.39 Å². The summed E-state index contributed by atoms with van der Waals surface area (Å²) in [6, 6.07) is 6.40. The zero-order valence-electron chi connectivity index (χ0n) is 10.6. The molecule has 0 amide bonds. The van der Waals surface area contributed by atoms with E-state index in [2.05, 4.69) is 15.0 Å². The van der Waals surface area contributed by atoms with Gasteiger partial charge in [-0.3, -0.25) is 4.79 Å². The van der Waals surface area contributed by atoms with Crippen LogP contribution < -0.4 is 0 Å². The second kappa shape index (κ2) is 5.21. The molecule has 1 aromatic carbocycles. The van der Waals surface area contributed by atoms with E-state index in [9.17, 15) is 9.18 Å². The molecule has 0 saturated carbocycles. The Morgan fingerprint density at radius 3 is 2.70 bits per heavy atom. The normalized spacial score (nSPS) is 10.8. The van der Waals surface area contributed by atoms with Gasteiger partial charge in [-0.25, -0.2) is 14.4 Å². The first-order valence-corrected chi connectivity index (χ1v) is 6.28. The van der Waals surface area contributed by atoms with E-state index < -0.39 is 0 Å². The van der Waals surface area contributed by atoms with Crippen LogP contribution in [0.25, 0.3) is 11.0 Å². The van der Waals surface area contributed by atoms with Crippen molar-refractivity contribution in [2.75, 3.05) is 0 Å². The van der Waals surface area contributed by atoms with Gasteiger partial charge in [-0.15, -0.1) is 0 Å². The molecule has 1 N–H and O–H groups in total. The first-order chi connectivity index (χ1) is 9.78. The van der Waals surface area contributed by atoms with Crippen molar-refractivity contribution in [3.05, 3.63) is 59.4 Å². The number of carbonyl (C=O) groups is 1. The van der Waals surface area contributed by atoms with E-state index in [1.165, 1.54) is 18.5 Å². The Kier molecular flexibility index (Phi) is 3.25. The summed E-state index contributed by atoms with van der Waals surface area (Å²) in [7, 11) is 0. The molecule has 0 unspecified atom stereocenters. The molecule has 0 fully saturated rings. The standard InChI is InChI=1S/C15H12FN3O/c16-12-4-1-10(2-5-12)3-6-13-14-11(8-20)7-17-15(14)19-9-18-13/h1-2,4-5,7-9H,3,6H2,(H,17,18,19). The molecule has 0 bridgehead atoms. The molecule has 0 radical (unpaired) electrons.